The molecule has 1 unspecified atom stereocenters. The normalized spacial score (nSPS) is 17.8. The lowest BCUT2D eigenvalue weighted by molar-refractivity contribution is -0.918. The number of aliphatic hydroxyl groups excluding tert-OH is 1. The highest BCUT2D eigenvalue weighted by atomic mass is 16.5. The van der Waals surface area contributed by atoms with Crippen molar-refractivity contribution in [2.24, 2.45) is 0 Å². The summed E-state index contributed by atoms with van der Waals surface area (Å²) in [5.74, 6) is 1.60. The average molecular weight is 328 g/mol. The Hall–Kier alpha value is -2.04. The van der Waals surface area contributed by atoms with Gasteiger partial charge in [0, 0.05) is 12.0 Å². The van der Waals surface area contributed by atoms with Crippen LogP contribution in [-0.2, 0) is 13.0 Å². The second-order valence-corrected chi connectivity index (χ2v) is 6.27. The van der Waals surface area contributed by atoms with Gasteiger partial charge in [-0.25, -0.2) is 0 Å². The fraction of sp³-hybridized carbons (Fsp3) is 0.400. The van der Waals surface area contributed by atoms with Gasteiger partial charge in [0.05, 0.1) is 13.2 Å². The Labute approximate surface area is 143 Å². The average Bonchev–Trinajstić information content (AvgIpc) is 2.61. The SMILES string of the molecule is CCOc1ccc(OC[C@H](O)C[NH+]2CCc3ccccc3C2)cc1. The Morgan fingerprint density at radius 1 is 1.00 bits per heavy atom. The molecule has 1 aliphatic heterocycles. The van der Waals surface area contributed by atoms with E-state index in [-0.39, 0.29) is 0 Å². The van der Waals surface area contributed by atoms with E-state index in [1.165, 1.54) is 16.0 Å². The molecule has 3 rings (SSSR count). The zero-order valence-electron chi connectivity index (χ0n) is 14.2. The first-order valence-electron chi connectivity index (χ1n) is 8.68. The van der Waals surface area contributed by atoms with Crippen LogP contribution in [0, 0.1) is 0 Å². The molecule has 0 fully saturated rings. The van der Waals surface area contributed by atoms with Crippen LogP contribution in [0.25, 0.3) is 0 Å². The number of nitrogens with one attached hydrogen (secondary N) is 1. The topological polar surface area (TPSA) is 43.1 Å². The smallest absolute Gasteiger partial charge is 0.137 e. The third kappa shape index (κ3) is 4.49. The largest absolute Gasteiger partial charge is 0.494 e. The summed E-state index contributed by atoms with van der Waals surface area (Å²) in [4.78, 5) is 1.41. The summed E-state index contributed by atoms with van der Waals surface area (Å²) < 4.78 is 11.1. The fourth-order valence-corrected chi connectivity index (χ4v) is 3.20. The van der Waals surface area contributed by atoms with E-state index in [0.29, 0.717) is 19.8 Å². The van der Waals surface area contributed by atoms with Crippen molar-refractivity contribution < 1.29 is 19.5 Å². The number of quaternary nitrogens is 1. The van der Waals surface area contributed by atoms with E-state index in [4.69, 9.17) is 9.47 Å². The molecule has 0 spiro atoms. The van der Waals surface area contributed by atoms with Crippen molar-refractivity contribution in [3.63, 3.8) is 0 Å². The maximum Gasteiger partial charge on any atom is 0.137 e. The van der Waals surface area contributed by atoms with Crippen LogP contribution in [0.2, 0.25) is 0 Å². The maximum absolute atomic E-state index is 10.3. The molecule has 128 valence electrons. The molecule has 2 aromatic carbocycles. The van der Waals surface area contributed by atoms with Gasteiger partial charge in [0.15, 0.2) is 0 Å². The first-order chi connectivity index (χ1) is 11.7. The third-order valence-corrected chi connectivity index (χ3v) is 4.41. The Morgan fingerprint density at radius 2 is 1.67 bits per heavy atom. The Morgan fingerprint density at radius 3 is 2.38 bits per heavy atom. The molecular formula is C20H26NO3+. The van der Waals surface area contributed by atoms with Gasteiger partial charge in [-0.2, -0.15) is 0 Å². The van der Waals surface area contributed by atoms with Gasteiger partial charge in [-0.3, -0.25) is 0 Å². The minimum Gasteiger partial charge on any atom is -0.494 e. The summed E-state index contributed by atoms with van der Waals surface area (Å²) in [6.07, 6.45) is 0.620. The van der Waals surface area contributed by atoms with Crippen LogP contribution in [0.3, 0.4) is 0 Å². The minimum atomic E-state index is -0.461. The summed E-state index contributed by atoms with van der Waals surface area (Å²) >= 11 is 0. The summed E-state index contributed by atoms with van der Waals surface area (Å²) in [6, 6.07) is 16.1. The predicted octanol–water partition coefficient (Wildman–Crippen LogP) is 1.47. The lowest BCUT2D eigenvalue weighted by Crippen LogP contribution is -3.13. The first-order valence-corrected chi connectivity index (χ1v) is 8.68. The highest BCUT2D eigenvalue weighted by Crippen LogP contribution is 2.17. The van der Waals surface area contributed by atoms with E-state index in [9.17, 15) is 5.11 Å². The monoisotopic (exact) mass is 328 g/mol. The van der Waals surface area contributed by atoms with Crippen molar-refractivity contribution in [2.45, 2.75) is 26.0 Å². The molecule has 24 heavy (non-hydrogen) atoms. The van der Waals surface area contributed by atoms with Crippen molar-refractivity contribution in [1.82, 2.24) is 0 Å². The molecule has 0 saturated heterocycles. The van der Waals surface area contributed by atoms with Crippen LogP contribution in [-0.4, -0.2) is 37.5 Å². The van der Waals surface area contributed by atoms with E-state index >= 15 is 0 Å². The Balaban J connectivity index is 1.45. The highest BCUT2D eigenvalue weighted by molar-refractivity contribution is 5.31. The molecule has 4 nitrogen and oxygen atoms in total. The number of fused-ring (bicyclic) bond motifs is 1. The minimum absolute atomic E-state index is 0.319. The first kappa shape index (κ1) is 16.8. The number of benzene rings is 2. The van der Waals surface area contributed by atoms with Gasteiger partial charge in [0.2, 0.25) is 0 Å². The zero-order chi connectivity index (χ0) is 16.8. The predicted molar refractivity (Wildman–Crippen MR) is 93.7 cm³/mol. The summed E-state index contributed by atoms with van der Waals surface area (Å²) in [6.45, 7) is 5.70. The standard InChI is InChI=1S/C20H25NO3/c1-2-23-19-7-9-20(10-8-19)24-15-18(22)14-21-12-11-16-5-3-4-6-17(16)13-21/h3-10,18,22H,2,11-15H2,1H3/p+1/t18-/m1/s1. The van der Waals surface area contributed by atoms with E-state index in [0.717, 1.165) is 31.0 Å². The van der Waals surface area contributed by atoms with E-state index in [2.05, 4.69) is 24.3 Å². The van der Waals surface area contributed by atoms with Crippen LogP contribution < -0.4 is 14.4 Å². The molecule has 1 heterocycles. The van der Waals surface area contributed by atoms with Gasteiger partial charge < -0.3 is 19.5 Å². The van der Waals surface area contributed by atoms with E-state index in [1.54, 1.807) is 0 Å². The van der Waals surface area contributed by atoms with Crippen molar-refractivity contribution in [2.75, 3.05) is 26.3 Å². The van der Waals surface area contributed by atoms with Gasteiger partial charge >= 0.3 is 0 Å². The molecule has 0 bridgehead atoms. The van der Waals surface area contributed by atoms with Crippen LogP contribution in [0.4, 0.5) is 0 Å². The summed E-state index contributed by atoms with van der Waals surface area (Å²) in [5.41, 5.74) is 2.85. The molecule has 0 aromatic heterocycles. The molecule has 0 saturated carbocycles. The third-order valence-electron chi connectivity index (χ3n) is 4.41. The van der Waals surface area contributed by atoms with E-state index in [1.807, 2.05) is 31.2 Å². The lowest BCUT2D eigenvalue weighted by atomic mass is 10.00. The molecule has 4 heteroatoms. The van der Waals surface area contributed by atoms with E-state index < -0.39 is 6.10 Å². The number of rotatable bonds is 7. The van der Waals surface area contributed by atoms with Gasteiger partial charge in [-0.1, -0.05) is 24.3 Å². The highest BCUT2D eigenvalue weighted by Gasteiger charge is 2.21. The molecule has 0 amide bonds. The number of aliphatic hydroxyl groups is 1. The quantitative estimate of drug-likeness (QED) is 0.809. The summed E-state index contributed by atoms with van der Waals surface area (Å²) in [5, 5.41) is 10.3. The number of hydrogen-bond donors (Lipinski definition) is 2. The van der Waals surface area contributed by atoms with Crippen molar-refractivity contribution in [1.29, 1.82) is 0 Å². The molecular weight excluding hydrogens is 302 g/mol. The maximum atomic E-state index is 10.3. The fourth-order valence-electron chi connectivity index (χ4n) is 3.20. The Bertz CT molecular complexity index is 642. The van der Waals surface area contributed by atoms with Crippen LogP contribution >= 0.6 is 0 Å². The zero-order valence-corrected chi connectivity index (χ0v) is 14.2. The van der Waals surface area contributed by atoms with Crippen LogP contribution in [0.1, 0.15) is 18.1 Å². The Kier molecular flexibility index (Phi) is 5.72. The number of hydrogen-bond acceptors (Lipinski definition) is 3. The van der Waals surface area contributed by atoms with Crippen molar-refractivity contribution >= 4 is 0 Å². The molecule has 0 aliphatic carbocycles. The molecule has 2 atom stereocenters. The van der Waals surface area contributed by atoms with Crippen LogP contribution in [0.15, 0.2) is 48.5 Å². The molecule has 1 aliphatic rings. The molecule has 0 radical (unpaired) electrons. The lowest BCUT2D eigenvalue weighted by Gasteiger charge is -2.27. The van der Waals surface area contributed by atoms with Gasteiger partial charge in [0.1, 0.15) is 37.3 Å². The van der Waals surface area contributed by atoms with Gasteiger partial charge in [-0.15, -0.1) is 0 Å². The van der Waals surface area contributed by atoms with Crippen molar-refractivity contribution in [3.8, 4) is 11.5 Å². The van der Waals surface area contributed by atoms with Crippen molar-refractivity contribution in [3.05, 3.63) is 59.7 Å². The van der Waals surface area contributed by atoms with Crippen LogP contribution in [0.5, 0.6) is 11.5 Å². The van der Waals surface area contributed by atoms with Gasteiger partial charge in [-0.05, 0) is 36.8 Å². The molecule has 2 aromatic rings. The number of ether oxygens (including phenoxy) is 2. The second-order valence-electron chi connectivity index (χ2n) is 6.27. The summed E-state index contributed by atoms with van der Waals surface area (Å²) in [7, 11) is 0. The molecule has 2 N–H and O–H groups in total. The second kappa shape index (κ2) is 8.18. The van der Waals surface area contributed by atoms with Gasteiger partial charge in [0.25, 0.3) is 0 Å².